The van der Waals surface area contributed by atoms with Crippen LogP contribution < -0.4 is 0 Å². The van der Waals surface area contributed by atoms with Crippen molar-refractivity contribution < 1.29 is 0 Å². The van der Waals surface area contributed by atoms with Gasteiger partial charge in [0.1, 0.15) is 0 Å². The molecule has 0 aromatic heterocycles. The van der Waals surface area contributed by atoms with Crippen LogP contribution >= 0.6 is 0 Å². The third-order valence-electron chi connectivity index (χ3n) is 2.64. The van der Waals surface area contributed by atoms with Crippen molar-refractivity contribution in [2.45, 2.75) is 46.5 Å². The van der Waals surface area contributed by atoms with Crippen LogP contribution in [0.2, 0.25) is 0 Å². The van der Waals surface area contributed by atoms with Crippen LogP contribution in [-0.4, -0.2) is 0 Å². The largest absolute Gasteiger partial charge is 0.0654 e. The standard InChI is InChI=1S/C13H20/c1-4-5-6-7-13-9-8-11(2)12(3)10-13/h8-10H,4-7H2,1-3H3. The first-order chi connectivity index (χ1) is 6.24. The molecule has 1 rings (SSSR count). The molecule has 1 aromatic carbocycles. The van der Waals surface area contributed by atoms with E-state index in [1.165, 1.54) is 42.4 Å². The van der Waals surface area contributed by atoms with Gasteiger partial charge in [0.05, 0.1) is 0 Å². The highest BCUT2D eigenvalue weighted by Gasteiger charge is 1.95. The predicted octanol–water partition coefficient (Wildman–Crippen LogP) is 4.04. The van der Waals surface area contributed by atoms with Crippen LogP contribution in [0.4, 0.5) is 0 Å². The number of hydrogen-bond acceptors (Lipinski definition) is 0. The monoisotopic (exact) mass is 176 g/mol. The van der Waals surface area contributed by atoms with Crippen LogP contribution in [0.1, 0.15) is 42.9 Å². The molecule has 0 amide bonds. The number of rotatable bonds is 4. The van der Waals surface area contributed by atoms with Crippen LogP contribution in [0.3, 0.4) is 0 Å². The molecule has 0 N–H and O–H groups in total. The van der Waals surface area contributed by atoms with E-state index in [9.17, 15) is 0 Å². The maximum atomic E-state index is 2.32. The second-order valence-electron chi connectivity index (χ2n) is 3.88. The van der Waals surface area contributed by atoms with E-state index < -0.39 is 0 Å². The van der Waals surface area contributed by atoms with E-state index in [2.05, 4.69) is 39.0 Å². The van der Waals surface area contributed by atoms with Crippen molar-refractivity contribution in [3.05, 3.63) is 34.9 Å². The molecule has 13 heavy (non-hydrogen) atoms. The van der Waals surface area contributed by atoms with Gasteiger partial charge in [-0.3, -0.25) is 0 Å². The lowest BCUT2D eigenvalue weighted by molar-refractivity contribution is 0.717. The zero-order valence-electron chi connectivity index (χ0n) is 9.06. The van der Waals surface area contributed by atoms with Gasteiger partial charge in [-0.05, 0) is 43.4 Å². The van der Waals surface area contributed by atoms with Crippen molar-refractivity contribution >= 4 is 0 Å². The molecule has 0 saturated carbocycles. The second-order valence-corrected chi connectivity index (χ2v) is 3.88. The summed E-state index contributed by atoms with van der Waals surface area (Å²) in [6, 6.07) is 6.82. The summed E-state index contributed by atoms with van der Waals surface area (Å²) in [5, 5.41) is 0. The highest BCUT2D eigenvalue weighted by molar-refractivity contribution is 5.29. The number of aryl methyl sites for hydroxylation is 3. The topological polar surface area (TPSA) is 0 Å². The molecule has 0 heterocycles. The van der Waals surface area contributed by atoms with E-state index in [1.54, 1.807) is 0 Å². The van der Waals surface area contributed by atoms with E-state index in [4.69, 9.17) is 0 Å². The minimum atomic E-state index is 1.25. The van der Waals surface area contributed by atoms with Crippen molar-refractivity contribution in [3.8, 4) is 0 Å². The number of benzene rings is 1. The molecule has 0 heteroatoms. The molecule has 1 aromatic rings. The molecule has 0 aliphatic rings. The average Bonchev–Trinajstić information content (AvgIpc) is 2.12. The molecule has 0 spiro atoms. The Morgan fingerprint density at radius 2 is 1.77 bits per heavy atom. The maximum absolute atomic E-state index is 2.32. The zero-order chi connectivity index (χ0) is 9.68. The first kappa shape index (κ1) is 10.3. The number of unbranched alkanes of at least 4 members (excludes halogenated alkanes) is 2. The summed E-state index contributed by atoms with van der Waals surface area (Å²) in [6.45, 7) is 6.62. The van der Waals surface area contributed by atoms with Gasteiger partial charge in [0.25, 0.3) is 0 Å². The zero-order valence-corrected chi connectivity index (χ0v) is 9.06. The average molecular weight is 176 g/mol. The summed E-state index contributed by atoms with van der Waals surface area (Å²) in [6.07, 6.45) is 5.24. The second kappa shape index (κ2) is 5.06. The molecule has 0 bridgehead atoms. The van der Waals surface area contributed by atoms with E-state index in [0.717, 1.165) is 0 Å². The van der Waals surface area contributed by atoms with Crippen LogP contribution in [0.25, 0.3) is 0 Å². The van der Waals surface area contributed by atoms with Gasteiger partial charge < -0.3 is 0 Å². The Morgan fingerprint density at radius 1 is 1.00 bits per heavy atom. The van der Waals surface area contributed by atoms with Gasteiger partial charge >= 0.3 is 0 Å². The fraction of sp³-hybridized carbons (Fsp3) is 0.538. The van der Waals surface area contributed by atoms with Gasteiger partial charge in [0.2, 0.25) is 0 Å². The molecule has 0 saturated heterocycles. The van der Waals surface area contributed by atoms with Gasteiger partial charge in [-0.1, -0.05) is 38.0 Å². The van der Waals surface area contributed by atoms with Gasteiger partial charge in [-0.25, -0.2) is 0 Å². The summed E-state index contributed by atoms with van der Waals surface area (Å²) in [5.74, 6) is 0. The Morgan fingerprint density at radius 3 is 2.38 bits per heavy atom. The first-order valence-electron chi connectivity index (χ1n) is 5.30. The summed E-state index contributed by atoms with van der Waals surface area (Å²) >= 11 is 0. The van der Waals surface area contributed by atoms with Gasteiger partial charge in [-0.2, -0.15) is 0 Å². The Balaban J connectivity index is 2.53. The van der Waals surface area contributed by atoms with Crippen LogP contribution in [-0.2, 0) is 6.42 Å². The van der Waals surface area contributed by atoms with Crippen LogP contribution in [0, 0.1) is 13.8 Å². The van der Waals surface area contributed by atoms with Crippen LogP contribution in [0.5, 0.6) is 0 Å². The Bertz CT molecular complexity index is 261. The molecule has 0 atom stereocenters. The summed E-state index contributed by atoms with van der Waals surface area (Å²) in [7, 11) is 0. The highest BCUT2D eigenvalue weighted by Crippen LogP contribution is 2.12. The molecule has 72 valence electrons. The normalized spacial score (nSPS) is 10.4. The molecule has 0 aliphatic heterocycles. The van der Waals surface area contributed by atoms with E-state index >= 15 is 0 Å². The highest BCUT2D eigenvalue weighted by atomic mass is 14.0. The maximum Gasteiger partial charge on any atom is -0.0279 e. The first-order valence-corrected chi connectivity index (χ1v) is 5.30. The lowest BCUT2D eigenvalue weighted by atomic mass is 10.0. The quantitative estimate of drug-likeness (QED) is 0.607. The van der Waals surface area contributed by atoms with Gasteiger partial charge in [0, 0.05) is 0 Å². The molecule has 0 fully saturated rings. The minimum absolute atomic E-state index is 1.25. The SMILES string of the molecule is CCCCCc1ccc(C)c(C)c1. The van der Waals surface area contributed by atoms with Crippen molar-refractivity contribution in [3.63, 3.8) is 0 Å². The fourth-order valence-corrected chi connectivity index (χ4v) is 1.54. The molecule has 0 aliphatic carbocycles. The molecule has 0 radical (unpaired) electrons. The molecule has 0 nitrogen and oxygen atoms in total. The Kier molecular flexibility index (Phi) is 4.01. The summed E-state index contributed by atoms with van der Waals surface area (Å²) < 4.78 is 0. The summed E-state index contributed by atoms with van der Waals surface area (Å²) in [4.78, 5) is 0. The molecular formula is C13H20. The summed E-state index contributed by atoms with van der Waals surface area (Å²) in [5.41, 5.74) is 4.32. The van der Waals surface area contributed by atoms with E-state index in [1.807, 2.05) is 0 Å². The fourth-order valence-electron chi connectivity index (χ4n) is 1.54. The Labute approximate surface area is 82.0 Å². The molecule has 0 unspecified atom stereocenters. The lowest BCUT2D eigenvalue weighted by Gasteiger charge is -2.04. The van der Waals surface area contributed by atoms with Crippen LogP contribution in [0.15, 0.2) is 18.2 Å². The smallest absolute Gasteiger partial charge is 0.0279 e. The van der Waals surface area contributed by atoms with Crippen molar-refractivity contribution in [1.29, 1.82) is 0 Å². The molecular weight excluding hydrogens is 156 g/mol. The van der Waals surface area contributed by atoms with Crippen molar-refractivity contribution in [2.75, 3.05) is 0 Å². The van der Waals surface area contributed by atoms with Crippen molar-refractivity contribution in [2.24, 2.45) is 0 Å². The van der Waals surface area contributed by atoms with Gasteiger partial charge in [-0.15, -0.1) is 0 Å². The van der Waals surface area contributed by atoms with E-state index in [-0.39, 0.29) is 0 Å². The van der Waals surface area contributed by atoms with Gasteiger partial charge in [0.15, 0.2) is 0 Å². The number of hydrogen-bond donors (Lipinski definition) is 0. The predicted molar refractivity (Wildman–Crippen MR) is 59.1 cm³/mol. The van der Waals surface area contributed by atoms with E-state index in [0.29, 0.717) is 0 Å². The lowest BCUT2D eigenvalue weighted by Crippen LogP contribution is -1.88. The Hall–Kier alpha value is -0.780. The third-order valence-corrected chi connectivity index (χ3v) is 2.64. The van der Waals surface area contributed by atoms with Crippen molar-refractivity contribution in [1.82, 2.24) is 0 Å². The third kappa shape index (κ3) is 3.22. The minimum Gasteiger partial charge on any atom is -0.0654 e.